The fourth-order valence-corrected chi connectivity index (χ4v) is 2.91. The zero-order chi connectivity index (χ0) is 16.9. The van der Waals surface area contributed by atoms with Crippen molar-refractivity contribution in [3.05, 3.63) is 48.5 Å². The van der Waals surface area contributed by atoms with Crippen molar-refractivity contribution in [1.82, 2.24) is 0 Å². The Labute approximate surface area is 141 Å². The van der Waals surface area contributed by atoms with Crippen molar-refractivity contribution in [3.8, 4) is 17.2 Å². The van der Waals surface area contributed by atoms with Gasteiger partial charge in [-0.05, 0) is 55.7 Å². The van der Waals surface area contributed by atoms with E-state index in [9.17, 15) is 4.79 Å². The van der Waals surface area contributed by atoms with Gasteiger partial charge < -0.3 is 20.5 Å². The molecule has 0 saturated heterocycles. The standard InChI is InChI=1S/C19H22N2O3/c1-23-17-3-2-4-18(12-17)24-16-9-7-15(8-10-16)21-19(22)13-5-6-14(20)11-13/h2-4,7-10,12-14H,5-6,11,20H2,1H3,(H,21,22). The second-order valence-electron chi connectivity index (χ2n) is 6.06. The Bertz CT molecular complexity index is 700. The van der Waals surface area contributed by atoms with E-state index in [4.69, 9.17) is 15.2 Å². The molecule has 3 N–H and O–H groups in total. The number of nitrogens with two attached hydrogens (primary N) is 1. The van der Waals surface area contributed by atoms with Gasteiger partial charge in [-0.15, -0.1) is 0 Å². The molecule has 1 saturated carbocycles. The quantitative estimate of drug-likeness (QED) is 0.881. The summed E-state index contributed by atoms with van der Waals surface area (Å²) in [5, 5.41) is 2.94. The van der Waals surface area contributed by atoms with Crippen LogP contribution in [0.2, 0.25) is 0 Å². The van der Waals surface area contributed by atoms with Gasteiger partial charge in [-0.1, -0.05) is 6.07 Å². The van der Waals surface area contributed by atoms with Crippen LogP contribution in [0.25, 0.3) is 0 Å². The van der Waals surface area contributed by atoms with E-state index in [2.05, 4.69) is 5.32 Å². The molecule has 2 aromatic rings. The van der Waals surface area contributed by atoms with Crippen LogP contribution in [0.3, 0.4) is 0 Å². The molecular formula is C19H22N2O3. The van der Waals surface area contributed by atoms with Crippen LogP contribution in [0.4, 0.5) is 5.69 Å². The summed E-state index contributed by atoms with van der Waals surface area (Å²) in [5.74, 6) is 2.21. The number of hydrogen-bond acceptors (Lipinski definition) is 4. The van der Waals surface area contributed by atoms with E-state index < -0.39 is 0 Å². The smallest absolute Gasteiger partial charge is 0.227 e. The van der Waals surface area contributed by atoms with Crippen molar-refractivity contribution >= 4 is 11.6 Å². The number of carbonyl (C=O) groups is 1. The molecule has 2 aromatic carbocycles. The Morgan fingerprint density at radius 3 is 2.50 bits per heavy atom. The van der Waals surface area contributed by atoms with E-state index in [0.717, 1.165) is 30.7 Å². The van der Waals surface area contributed by atoms with Crippen LogP contribution in [0.15, 0.2) is 48.5 Å². The Morgan fingerprint density at radius 1 is 1.08 bits per heavy atom. The van der Waals surface area contributed by atoms with Gasteiger partial charge in [0.1, 0.15) is 17.2 Å². The third kappa shape index (κ3) is 4.06. The number of hydrogen-bond donors (Lipinski definition) is 2. The van der Waals surface area contributed by atoms with Gasteiger partial charge in [0.2, 0.25) is 5.91 Å². The number of rotatable bonds is 5. The SMILES string of the molecule is COc1cccc(Oc2ccc(NC(=O)C3CCC(N)C3)cc2)c1. The first-order chi connectivity index (χ1) is 11.6. The van der Waals surface area contributed by atoms with E-state index in [1.54, 1.807) is 7.11 Å². The predicted molar refractivity (Wildman–Crippen MR) is 93.5 cm³/mol. The third-order valence-corrected chi connectivity index (χ3v) is 4.24. The molecule has 1 amide bonds. The molecule has 1 aliphatic rings. The summed E-state index contributed by atoms with van der Waals surface area (Å²) < 4.78 is 11.0. The lowest BCUT2D eigenvalue weighted by Gasteiger charge is -2.12. The van der Waals surface area contributed by atoms with E-state index in [1.165, 1.54) is 0 Å². The van der Waals surface area contributed by atoms with Gasteiger partial charge in [-0.2, -0.15) is 0 Å². The topological polar surface area (TPSA) is 73.6 Å². The highest BCUT2D eigenvalue weighted by Gasteiger charge is 2.27. The van der Waals surface area contributed by atoms with Crippen LogP contribution in [0.1, 0.15) is 19.3 Å². The zero-order valence-corrected chi connectivity index (χ0v) is 13.7. The number of amides is 1. The minimum atomic E-state index is 0.0210. The molecule has 0 heterocycles. The minimum Gasteiger partial charge on any atom is -0.497 e. The molecule has 24 heavy (non-hydrogen) atoms. The third-order valence-electron chi connectivity index (χ3n) is 4.24. The number of methoxy groups -OCH3 is 1. The van der Waals surface area contributed by atoms with Crippen LogP contribution >= 0.6 is 0 Å². The van der Waals surface area contributed by atoms with Crippen LogP contribution < -0.4 is 20.5 Å². The van der Waals surface area contributed by atoms with E-state index >= 15 is 0 Å². The molecule has 0 spiro atoms. The Balaban J connectivity index is 1.59. The first-order valence-corrected chi connectivity index (χ1v) is 8.12. The van der Waals surface area contributed by atoms with Gasteiger partial charge in [0.15, 0.2) is 0 Å². The van der Waals surface area contributed by atoms with E-state index in [1.807, 2.05) is 48.5 Å². The maximum atomic E-state index is 12.2. The molecule has 3 rings (SSSR count). The summed E-state index contributed by atoms with van der Waals surface area (Å²) in [4.78, 5) is 12.2. The van der Waals surface area contributed by atoms with E-state index in [0.29, 0.717) is 11.5 Å². The van der Waals surface area contributed by atoms with Gasteiger partial charge in [0.25, 0.3) is 0 Å². The maximum absolute atomic E-state index is 12.2. The fraction of sp³-hybridized carbons (Fsp3) is 0.316. The van der Waals surface area contributed by atoms with Gasteiger partial charge in [-0.3, -0.25) is 4.79 Å². The van der Waals surface area contributed by atoms with Crippen molar-refractivity contribution in [2.24, 2.45) is 11.7 Å². The Hall–Kier alpha value is -2.53. The summed E-state index contributed by atoms with van der Waals surface area (Å²) >= 11 is 0. The molecule has 0 bridgehead atoms. The fourth-order valence-electron chi connectivity index (χ4n) is 2.91. The molecule has 1 fully saturated rings. The lowest BCUT2D eigenvalue weighted by atomic mass is 10.1. The van der Waals surface area contributed by atoms with Crippen molar-refractivity contribution in [2.75, 3.05) is 12.4 Å². The summed E-state index contributed by atoms with van der Waals surface area (Å²) in [6, 6.07) is 14.9. The highest BCUT2D eigenvalue weighted by Crippen LogP contribution is 2.28. The lowest BCUT2D eigenvalue weighted by Crippen LogP contribution is -2.23. The monoisotopic (exact) mass is 326 g/mol. The molecule has 126 valence electrons. The van der Waals surface area contributed by atoms with Gasteiger partial charge in [-0.25, -0.2) is 0 Å². The Kier molecular flexibility index (Phi) is 5.01. The molecule has 0 aliphatic heterocycles. The molecule has 2 atom stereocenters. The highest BCUT2D eigenvalue weighted by molar-refractivity contribution is 5.92. The second kappa shape index (κ2) is 7.36. The van der Waals surface area contributed by atoms with Gasteiger partial charge >= 0.3 is 0 Å². The molecule has 5 heteroatoms. The van der Waals surface area contributed by atoms with Crippen LogP contribution in [-0.2, 0) is 4.79 Å². The average molecular weight is 326 g/mol. The zero-order valence-electron chi connectivity index (χ0n) is 13.7. The summed E-state index contributed by atoms with van der Waals surface area (Å²) in [5.41, 5.74) is 6.63. The van der Waals surface area contributed by atoms with Crippen LogP contribution in [0.5, 0.6) is 17.2 Å². The number of ether oxygens (including phenoxy) is 2. The highest BCUT2D eigenvalue weighted by atomic mass is 16.5. The van der Waals surface area contributed by atoms with Gasteiger partial charge in [0.05, 0.1) is 7.11 Å². The second-order valence-corrected chi connectivity index (χ2v) is 6.06. The first kappa shape index (κ1) is 16.3. The average Bonchev–Trinajstić information content (AvgIpc) is 3.03. The molecule has 1 aliphatic carbocycles. The number of nitrogens with one attached hydrogen (secondary N) is 1. The predicted octanol–water partition coefficient (Wildman–Crippen LogP) is 3.55. The number of benzene rings is 2. The minimum absolute atomic E-state index is 0.0210. The van der Waals surface area contributed by atoms with Crippen molar-refractivity contribution in [1.29, 1.82) is 0 Å². The van der Waals surface area contributed by atoms with Crippen molar-refractivity contribution < 1.29 is 14.3 Å². The summed E-state index contributed by atoms with van der Waals surface area (Å²) in [6.07, 6.45) is 2.55. The molecule has 0 radical (unpaired) electrons. The molecule has 0 aromatic heterocycles. The maximum Gasteiger partial charge on any atom is 0.227 e. The molecule has 5 nitrogen and oxygen atoms in total. The normalized spacial score (nSPS) is 19.8. The van der Waals surface area contributed by atoms with Crippen molar-refractivity contribution in [2.45, 2.75) is 25.3 Å². The van der Waals surface area contributed by atoms with Crippen LogP contribution in [0, 0.1) is 5.92 Å². The van der Waals surface area contributed by atoms with E-state index in [-0.39, 0.29) is 17.9 Å². The largest absolute Gasteiger partial charge is 0.497 e. The van der Waals surface area contributed by atoms with Gasteiger partial charge in [0, 0.05) is 23.7 Å². The Morgan fingerprint density at radius 2 is 1.83 bits per heavy atom. The summed E-state index contributed by atoms with van der Waals surface area (Å²) in [7, 11) is 1.62. The first-order valence-electron chi connectivity index (χ1n) is 8.12. The molecule has 2 unspecified atom stereocenters. The number of carbonyl (C=O) groups excluding carboxylic acids is 1. The lowest BCUT2D eigenvalue weighted by molar-refractivity contribution is -0.119. The molecular weight excluding hydrogens is 304 g/mol. The summed E-state index contributed by atoms with van der Waals surface area (Å²) in [6.45, 7) is 0. The van der Waals surface area contributed by atoms with Crippen molar-refractivity contribution in [3.63, 3.8) is 0 Å². The number of anilines is 1. The van der Waals surface area contributed by atoms with Crippen LogP contribution in [-0.4, -0.2) is 19.1 Å².